The molecule has 1 N–H and O–H groups in total. The summed E-state index contributed by atoms with van der Waals surface area (Å²) in [7, 11) is 0. The summed E-state index contributed by atoms with van der Waals surface area (Å²) in [6.07, 6.45) is 2.30. The van der Waals surface area contributed by atoms with Crippen molar-refractivity contribution in [1.82, 2.24) is 25.0 Å². The first kappa shape index (κ1) is 20.9. The quantitative estimate of drug-likeness (QED) is 0.473. The normalized spacial score (nSPS) is 11.4. The minimum absolute atomic E-state index is 0.0663. The molecule has 0 saturated carbocycles. The van der Waals surface area contributed by atoms with Gasteiger partial charge in [-0.25, -0.2) is 4.98 Å². The van der Waals surface area contributed by atoms with E-state index in [1.165, 1.54) is 22.2 Å². The predicted octanol–water partition coefficient (Wildman–Crippen LogP) is 3.65. The van der Waals surface area contributed by atoms with Crippen molar-refractivity contribution in [3.05, 3.63) is 52.6 Å². The lowest BCUT2D eigenvalue weighted by atomic mass is 10.1. The number of aryl methyl sites for hydroxylation is 1. The second-order valence-corrected chi connectivity index (χ2v) is 8.73. The van der Waals surface area contributed by atoms with Gasteiger partial charge >= 0.3 is 0 Å². The minimum atomic E-state index is -0.258. The number of hydrogen-bond acceptors (Lipinski definition) is 7. The molecule has 0 radical (unpaired) electrons. The number of aromatic nitrogens is 4. The van der Waals surface area contributed by atoms with Gasteiger partial charge in [0.2, 0.25) is 11.7 Å². The number of rotatable bonds is 7. The third-order valence-electron chi connectivity index (χ3n) is 4.93. The Labute approximate surface area is 182 Å². The van der Waals surface area contributed by atoms with Crippen molar-refractivity contribution in [1.29, 1.82) is 0 Å². The Hall–Kier alpha value is -3.33. The van der Waals surface area contributed by atoms with Crippen LogP contribution >= 0.6 is 11.3 Å². The molecule has 8 nitrogen and oxygen atoms in total. The van der Waals surface area contributed by atoms with E-state index in [1.54, 1.807) is 0 Å². The van der Waals surface area contributed by atoms with Crippen LogP contribution in [0.4, 0.5) is 0 Å². The molecule has 0 saturated heterocycles. The SMILES string of the molecule is Cc1c(-c2nc(-c3ccccc3)no2)sc2ncn(CC(=O)NCCC(C)C)c(=O)c12. The zero-order chi connectivity index (χ0) is 22.0. The Morgan fingerprint density at radius 1 is 1.26 bits per heavy atom. The van der Waals surface area contributed by atoms with E-state index >= 15 is 0 Å². The van der Waals surface area contributed by atoms with E-state index < -0.39 is 0 Å². The lowest BCUT2D eigenvalue weighted by Crippen LogP contribution is -2.33. The molecule has 4 aromatic rings. The Balaban J connectivity index is 1.61. The highest BCUT2D eigenvalue weighted by atomic mass is 32.1. The maximum atomic E-state index is 13.0. The summed E-state index contributed by atoms with van der Waals surface area (Å²) in [4.78, 5) is 35.4. The van der Waals surface area contributed by atoms with Crippen molar-refractivity contribution >= 4 is 27.5 Å². The number of amides is 1. The van der Waals surface area contributed by atoms with Crippen molar-refractivity contribution in [3.8, 4) is 22.2 Å². The molecule has 3 aromatic heterocycles. The number of carbonyl (C=O) groups excluding carboxylic acids is 1. The summed E-state index contributed by atoms with van der Waals surface area (Å²) < 4.78 is 6.80. The zero-order valence-corrected chi connectivity index (χ0v) is 18.4. The van der Waals surface area contributed by atoms with Gasteiger partial charge in [-0.3, -0.25) is 14.2 Å². The van der Waals surface area contributed by atoms with E-state index in [1.807, 2.05) is 37.3 Å². The lowest BCUT2D eigenvalue weighted by molar-refractivity contribution is -0.121. The van der Waals surface area contributed by atoms with Crippen LogP contribution in [0.3, 0.4) is 0 Å². The monoisotopic (exact) mass is 437 g/mol. The van der Waals surface area contributed by atoms with Crippen LogP contribution in [0.2, 0.25) is 0 Å². The first-order valence-corrected chi connectivity index (χ1v) is 10.9. The van der Waals surface area contributed by atoms with Crippen LogP contribution in [0, 0.1) is 12.8 Å². The molecule has 0 aliphatic heterocycles. The molecule has 1 aromatic carbocycles. The number of carbonyl (C=O) groups is 1. The van der Waals surface area contributed by atoms with Gasteiger partial charge in [0.1, 0.15) is 11.4 Å². The molecule has 4 rings (SSSR count). The van der Waals surface area contributed by atoms with Gasteiger partial charge in [0, 0.05) is 12.1 Å². The number of benzene rings is 1. The smallest absolute Gasteiger partial charge is 0.268 e. The number of thiophene rings is 1. The fraction of sp³-hybridized carbons (Fsp3) is 0.318. The Morgan fingerprint density at radius 3 is 2.77 bits per heavy atom. The molecular formula is C22H23N5O3S. The second-order valence-electron chi connectivity index (χ2n) is 7.74. The van der Waals surface area contributed by atoms with E-state index in [4.69, 9.17) is 4.52 Å². The third-order valence-corrected chi connectivity index (χ3v) is 6.12. The molecule has 0 bridgehead atoms. The van der Waals surface area contributed by atoms with Gasteiger partial charge < -0.3 is 9.84 Å². The van der Waals surface area contributed by atoms with E-state index in [0.717, 1.165) is 17.5 Å². The average molecular weight is 438 g/mol. The highest BCUT2D eigenvalue weighted by molar-refractivity contribution is 7.22. The second kappa shape index (κ2) is 8.81. The maximum absolute atomic E-state index is 13.0. The Kier molecular flexibility index (Phi) is 5.94. The minimum Gasteiger partial charge on any atom is -0.355 e. The van der Waals surface area contributed by atoms with E-state index in [0.29, 0.717) is 39.3 Å². The third kappa shape index (κ3) is 4.41. The molecule has 9 heteroatoms. The van der Waals surface area contributed by atoms with Gasteiger partial charge in [0.25, 0.3) is 11.4 Å². The molecule has 3 heterocycles. The van der Waals surface area contributed by atoms with Crippen molar-refractivity contribution in [2.24, 2.45) is 5.92 Å². The van der Waals surface area contributed by atoms with Crippen molar-refractivity contribution < 1.29 is 9.32 Å². The van der Waals surface area contributed by atoms with Gasteiger partial charge in [-0.1, -0.05) is 49.3 Å². The van der Waals surface area contributed by atoms with Crippen LogP contribution in [-0.2, 0) is 11.3 Å². The van der Waals surface area contributed by atoms with Crippen LogP contribution in [0.5, 0.6) is 0 Å². The number of hydrogen-bond donors (Lipinski definition) is 1. The molecule has 31 heavy (non-hydrogen) atoms. The fourth-order valence-electron chi connectivity index (χ4n) is 3.21. The molecule has 0 aliphatic carbocycles. The molecular weight excluding hydrogens is 414 g/mol. The zero-order valence-electron chi connectivity index (χ0n) is 17.6. The molecule has 160 valence electrons. The van der Waals surface area contributed by atoms with Crippen molar-refractivity contribution in [2.75, 3.05) is 6.54 Å². The summed E-state index contributed by atoms with van der Waals surface area (Å²) in [6.45, 7) is 6.54. The summed E-state index contributed by atoms with van der Waals surface area (Å²) >= 11 is 1.32. The molecule has 0 fully saturated rings. The molecule has 0 unspecified atom stereocenters. The van der Waals surface area contributed by atoms with Gasteiger partial charge in [-0.05, 0) is 24.8 Å². The average Bonchev–Trinajstić information content (AvgIpc) is 3.36. The first-order chi connectivity index (χ1) is 14.9. The van der Waals surface area contributed by atoms with Crippen LogP contribution in [-0.4, -0.2) is 32.1 Å². The standard InChI is InChI=1S/C22H23N5O3S/c1-13(2)9-10-23-16(28)11-27-12-24-21-17(22(27)29)14(3)18(31-21)20-25-19(26-30-20)15-7-5-4-6-8-15/h4-8,12-13H,9-11H2,1-3H3,(H,23,28). The van der Waals surface area contributed by atoms with Gasteiger partial charge in [-0.2, -0.15) is 4.98 Å². The van der Waals surface area contributed by atoms with Crippen LogP contribution in [0.25, 0.3) is 32.4 Å². The first-order valence-electron chi connectivity index (χ1n) is 10.1. The highest BCUT2D eigenvalue weighted by Crippen LogP contribution is 2.35. The predicted molar refractivity (Wildman–Crippen MR) is 120 cm³/mol. The van der Waals surface area contributed by atoms with Crippen LogP contribution < -0.4 is 10.9 Å². The molecule has 0 aliphatic rings. The summed E-state index contributed by atoms with van der Waals surface area (Å²) in [5, 5.41) is 7.37. The van der Waals surface area contributed by atoms with Gasteiger partial charge in [-0.15, -0.1) is 11.3 Å². The maximum Gasteiger partial charge on any atom is 0.268 e. The summed E-state index contributed by atoms with van der Waals surface area (Å²) in [6, 6.07) is 9.53. The van der Waals surface area contributed by atoms with E-state index in [2.05, 4.69) is 34.3 Å². The Bertz CT molecular complexity index is 1270. The molecule has 1 amide bonds. The topological polar surface area (TPSA) is 103 Å². The van der Waals surface area contributed by atoms with Gasteiger partial charge in [0.15, 0.2) is 0 Å². The van der Waals surface area contributed by atoms with Crippen LogP contribution in [0.15, 0.2) is 46.0 Å². The van der Waals surface area contributed by atoms with E-state index in [9.17, 15) is 9.59 Å². The summed E-state index contributed by atoms with van der Waals surface area (Å²) in [5.41, 5.74) is 1.31. The van der Waals surface area contributed by atoms with Gasteiger partial charge in [0.05, 0.1) is 16.6 Å². The van der Waals surface area contributed by atoms with Crippen molar-refractivity contribution in [3.63, 3.8) is 0 Å². The highest BCUT2D eigenvalue weighted by Gasteiger charge is 2.21. The number of fused-ring (bicyclic) bond motifs is 1. The lowest BCUT2D eigenvalue weighted by Gasteiger charge is -2.08. The van der Waals surface area contributed by atoms with E-state index in [-0.39, 0.29) is 18.0 Å². The largest absolute Gasteiger partial charge is 0.355 e. The van der Waals surface area contributed by atoms with Crippen molar-refractivity contribution in [2.45, 2.75) is 33.7 Å². The number of nitrogens with one attached hydrogen (secondary N) is 1. The fourth-order valence-corrected chi connectivity index (χ4v) is 4.27. The number of nitrogens with zero attached hydrogens (tertiary/aromatic N) is 4. The molecule has 0 atom stereocenters. The summed E-state index contributed by atoms with van der Waals surface area (Å²) in [5.74, 6) is 1.12. The molecule has 0 spiro atoms. The Morgan fingerprint density at radius 2 is 2.03 bits per heavy atom. The van der Waals surface area contributed by atoms with Crippen LogP contribution in [0.1, 0.15) is 25.8 Å².